The minimum absolute atomic E-state index is 0.00263. The van der Waals surface area contributed by atoms with E-state index in [4.69, 9.17) is 4.74 Å². The number of amides is 2. The SMILES string of the molecule is COCCCN1C(=O)N(C2NNC(C)S2)C2CC(S(=O)(=O)NC3(C)CC3)CCC21. The molecule has 5 atom stereocenters. The third kappa shape index (κ3) is 4.40. The predicted octanol–water partition coefficient (Wildman–Crippen LogP) is 0.993. The summed E-state index contributed by atoms with van der Waals surface area (Å²) in [4.78, 5) is 17.1. The molecular weight excluding hydrogens is 414 g/mol. The first-order valence-corrected chi connectivity index (χ1v) is 13.0. The predicted molar refractivity (Wildman–Crippen MR) is 112 cm³/mol. The van der Waals surface area contributed by atoms with Crippen molar-refractivity contribution in [1.82, 2.24) is 25.4 Å². The summed E-state index contributed by atoms with van der Waals surface area (Å²) in [5.74, 6) is 0. The molecule has 0 bridgehead atoms. The van der Waals surface area contributed by atoms with Crippen molar-refractivity contribution in [2.75, 3.05) is 20.3 Å². The molecule has 29 heavy (non-hydrogen) atoms. The molecule has 2 saturated carbocycles. The second-order valence-corrected chi connectivity index (χ2v) is 12.3. The number of hydrazine groups is 1. The van der Waals surface area contributed by atoms with E-state index in [9.17, 15) is 13.2 Å². The van der Waals surface area contributed by atoms with Gasteiger partial charge in [-0.05, 0) is 52.4 Å². The third-order valence-electron chi connectivity index (χ3n) is 6.53. The van der Waals surface area contributed by atoms with Gasteiger partial charge in [-0.2, -0.15) is 0 Å². The van der Waals surface area contributed by atoms with Crippen LogP contribution in [0.1, 0.15) is 52.4 Å². The Morgan fingerprint density at radius 2 is 2.03 bits per heavy atom. The highest BCUT2D eigenvalue weighted by Crippen LogP contribution is 2.41. The lowest BCUT2D eigenvalue weighted by Crippen LogP contribution is -2.53. The van der Waals surface area contributed by atoms with Gasteiger partial charge in [-0.1, -0.05) is 0 Å². The fourth-order valence-corrected chi connectivity index (χ4v) is 7.68. The highest BCUT2D eigenvalue weighted by Gasteiger charge is 2.54. The van der Waals surface area contributed by atoms with Gasteiger partial charge < -0.3 is 9.64 Å². The Morgan fingerprint density at radius 1 is 1.28 bits per heavy atom. The number of hydrogen-bond acceptors (Lipinski definition) is 7. The summed E-state index contributed by atoms with van der Waals surface area (Å²) < 4.78 is 34.1. The van der Waals surface area contributed by atoms with Gasteiger partial charge in [0, 0.05) is 25.8 Å². The molecule has 0 radical (unpaired) electrons. The standard InChI is InChI=1S/C18H33N5O4S2/c1-12-19-20-16(28-12)23-15-11-13(29(25,26)21-18(2)7-8-18)5-6-14(15)22(17(23)24)9-4-10-27-3/h12-16,19-21H,4-11H2,1-3H3. The van der Waals surface area contributed by atoms with Crippen LogP contribution in [0.3, 0.4) is 0 Å². The van der Waals surface area contributed by atoms with E-state index in [1.807, 2.05) is 23.6 Å². The van der Waals surface area contributed by atoms with Gasteiger partial charge in [-0.25, -0.2) is 28.8 Å². The lowest BCUT2D eigenvalue weighted by molar-refractivity contribution is 0.158. The van der Waals surface area contributed by atoms with E-state index in [1.165, 1.54) is 0 Å². The summed E-state index contributed by atoms with van der Waals surface area (Å²) in [6.45, 7) is 5.25. The fourth-order valence-electron chi connectivity index (χ4n) is 4.69. The number of hydrogen-bond donors (Lipinski definition) is 3. The van der Waals surface area contributed by atoms with Gasteiger partial charge in [0.25, 0.3) is 0 Å². The van der Waals surface area contributed by atoms with Crippen LogP contribution in [-0.2, 0) is 14.8 Å². The van der Waals surface area contributed by atoms with Crippen molar-refractivity contribution in [2.45, 2.75) is 86.1 Å². The van der Waals surface area contributed by atoms with Crippen LogP contribution < -0.4 is 15.6 Å². The molecule has 2 amide bonds. The summed E-state index contributed by atoms with van der Waals surface area (Å²) in [7, 11) is -1.74. The summed E-state index contributed by atoms with van der Waals surface area (Å²) >= 11 is 1.65. The van der Waals surface area contributed by atoms with E-state index in [-0.39, 0.29) is 34.5 Å². The maximum Gasteiger partial charge on any atom is 0.322 e. The Morgan fingerprint density at radius 3 is 2.66 bits per heavy atom. The van der Waals surface area contributed by atoms with Crippen molar-refractivity contribution in [1.29, 1.82) is 0 Å². The van der Waals surface area contributed by atoms with Gasteiger partial charge in [-0.15, -0.1) is 11.8 Å². The summed E-state index contributed by atoms with van der Waals surface area (Å²) in [5, 5.41) is -0.263. The minimum atomic E-state index is -3.40. The van der Waals surface area contributed by atoms with Crippen LogP contribution in [0.25, 0.3) is 0 Å². The van der Waals surface area contributed by atoms with Gasteiger partial charge in [0.15, 0.2) is 0 Å². The molecule has 0 aromatic rings. The van der Waals surface area contributed by atoms with Gasteiger partial charge >= 0.3 is 6.03 Å². The van der Waals surface area contributed by atoms with Crippen LogP contribution in [-0.4, -0.2) is 78.3 Å². The topological polar surface area (TPSA) is 103 Å². The molecule has 9 nitrogen and oxygen atoms in total. The minimum Gasteiger partial charge on any atom is -0.385 e. The van der Waals surface area contributed by atoms with Gasteiger partial charge in [0.05, 0.1) is 22.7 Å². The zero-order valence-electron chi connectivity index (χ0n) is 17.4. The number of nitrogens with one attached hydrogen (secondary N) is 3. The van der Waals surface area contributed by atoms with Crippen molar-refractivity contribution >= 4 is 27.8 Å². The zero-order valence-corrected chi connectivity index (χ0v) is 19.0. The van der Waals surface area contributed by atoms with Crippen LogP contribution in [0.15, 0.2) is 0 Å². The second-order valence-electron chi connectivity index (χ2n) is 8.93. The quantitative estimate of drug-likeness (QED) is 0.477. The lowest BCUT2D eigenvalue weighted by Gasteiger charge is -2.37. The van der Waals surface area contributed by atoms with Crippen molar-refractivity contribution in [3.63, 3.8) is 0 Å². The molecule has 11 heteroatoms. The molecule has 3 N–H and O–H groups in total. The highest BCUT2D eigenvalue weighted by molar-refractivity contribution is 8.00. The maximum absolute atomic E-state index is 13.3. The zero-order chi connectivity index (χ0) is 20.8. The molecule has 166 valence electrons. The molecule has 4 rings (SSSR count). The van der Waals surface area contributed by atoms with Crippen LogP contribution in [0.4, 0.5) is 4.79 Å². The summed E-state index contributed by atoms with van der Waals surface area (Å²) in [6.07, 6.45) is 4.36. The Hall–Kier alpha value is -0.590. The number of nitrogens with zero attached hydrogens (tertiary/aromatic N) is 2. The summed E-state index contributed by atoms with van der Waals surface area (Å²) in [5.41, 5.74) is 5.91. The Balaban J connectivity index is 1.52. The lowest BCUT2D eigenvalue weighted by atomic mass is 9.90. The van der Waals surface area contributed by atoms with Crippen molar-refractivity contribution < 1.29 is 17.9 Å². The van der Waals surface area contributed by atoms with Crippen LogP contribution >= 0.6 is 11.8 Å². The van der Waals surface area contributed by atoms with Crippen LogP contribution in [0.5, 0.6) is 0 Å². The highest BCUT2D eigenvalue weighted by atomic mass is 32.2. The molecule has 5 unspecified atom stereocenters. The number of rotatable bonds is 8. The average Bonchev–Trinajstić information content (AvgIpc) is 3.10. The smallest absolute Gasteiger partial charge is 0.322 e. The maximum atomic E-state index is 13.3. The first kappa shape index (κ1) is 21.6. The number of urea groups is 1. The first-order chi connectivity index (χ1) is 13.7. The van der Waals surface area contributed by atoms with E-state index < -0.39 is 15.3 Å². The Kier molecular flexibility index (Phi) is 6.09. The van der Waals surface area contributed by atoms with E-state index >= 15 is 0 Å². The van der Waals surface area contributed by atoms with Crippen LogP contribution in [0.2, 0.25) is 0 Å². The number of carbonyl (C=O) groups excluding carboxylic acids is 1. The molecule has 2 aliphatic heterocycles. The number of fused-ring (bicyclic) bond motifs is 1. The Labute approximate surface area is 177 Å². The largest absolute Gasteiger partial charge is 0.385 e. The van der Waals surface area contributed by atoms with E-state index in [0.717, 1.165) is 19.3 Å². The van der Waals surface area contributed by atoms with Gasteiger partial charge in [0.2, 0.25) is 10.0 Å². The number of sulfonamides is 1. The molecule has 4 aliphatic rings. The average molecular weight is 448 g/mol. The number of methoxy groups -OCH3 is 1. The number of ether oxygens (including phenoxy) is 1. The monoisotopic (exact) mass is 447 g/mol. The van der Waals surface area contributed by atoms with Crippen molar-refractivity contribution in [2.24, 2.45) is 0 Å². The van der Waals surface area contributed by atoms with Crippen LogP contribution in [0, 0.1) is 0 Å². The second kappa shape index (κ2) is 8.16. The van der Waals surface area contributed by atoms with E-state index in [2.05, 4.69) is 15.6 Å². The molecule has 2 aliphatic carbocycles. The molecular formula is C18H33N5O4S2. The van der Waals surface area contributed by atoms with Crippen molar-refractivity contribution in [3.8, 4) is 0 Å². The third-order valence-corrected chi connectivity index (χ3v) is 9.74. The van der Waals surface area contributed by atoms with Gasteiger partial charge in [0.1, 0.15) is 5.50 Å². The number of carbonyl (C=O) groups is 1. The number of thioether (sulfide) groups is 1. The summed E-state index contributed by atoms with van der Waals surface area (Å²) in [6, 6.07) is -0.0535. The van der Waals surface area contributed by atoms with E-state index in [0.29, 0.717) is 32.4 Å². The first-order valence-electron chi connectivity index (χ1n) is 10.5. The Bertz CT molecular complexity index is 732. The molecule has 0 spiro atoms. The molecule has 0 aromatic heterocycles. The molecule has 4 fully saturated rings. The van der Waals surface area contributed by atoms with E-state index in [1.54, 1.807) is 18.9 Å². The van der Waals surface area contributed by atoms with Gasteiger partial charge in [-0.3, -0.25) is 4.90 Å². The molecule has 2 heterocycles. The fraction of sp³-hybridized carbons (Fsp3) is 0.944. The molecule has 0 aromatic carbocycles. The van der Waals surface area contributed by atoms with Crippen molar-refractivity contribution in [3.05, 3.63) is 0 Å². The molecule has 2 saturated heterocycles. The normalized spacial score (nSPS) is 36.5.